The van der Waals surface area contributed by atoms with E-state index in [0.717, 1.165) is 83.5 Å². The maximum atomic E-state index is 13.7. The Morgan fingerprint density at radius 3 is 1.51 bits per heavy atom. The molecule has 0 bridgehead atoms. The largest absolute Gasteiger partial charge is 0.481 e. The van der Waals surface area contributed by atoms with Crippen LogP contribution in [0.15, 0.2) is 0 Å². The normalized spacial score (nSPS) is 52.5. The average Bonchev–Trinajstić information content (AvgIpc) is 3.74. The molecule has 59 heavy (non-hydrogen) atoms. The third kappa shape index (κ3) is 7.12. The van der Waals surface area contributed by atoms with Gasteiger partial charge in [-0.3, -0.25) is 9.59 Å². The molecule has 8 saturated carbocycles. The first-order valence-corrected chi connectivity index (χ1v) is 25.4. The number of aliphatic carboxylic acids is 1. The molecule has 336 valence electrons. The van der Waals surface area contributed by atoms with Crippen molar-refractivity contribution < 1.29 is 34.8 Å². The van der Waals surface area contributed by atoms with Crippen molar-refractivity contribution in [3.63, 3.8) is 0 Å². The van der Waals surface area contributed by atoms with Crippen molar-refractivity contribution in [2.24, 2.45) is 105 Å². The molecule has 4 N–H and O–H groups in total. The van der Waals surface area contributed by atoms with Crippen LogP contribution in [0.3, 0.4) is 0 Å². The molecule has 0 aliphatic heterocycles. The van der Waals surface area contributed by atoms with Crippen molar-refractivity contribution in [3.8, 4) is 0 Å². The van der Waals surface area contributed by atoms with Crippen LogP contribution in [-0.2, 0) is 14.3 Å². The van der Waals surface area contributed by atoms with E-state index in [2.05, 4.69) is 55.4 Å². The molecule has 8 aliphatic carbocycles. The highest BCUT2D eigenvalue weighted by Crippen LogP contribution is 2.71. The lowest BCUT2D eigenvalue weighted by molar-refractivity contribution is -0.207. The van der Waals surface area contributed by atoms with E-state index < -0.39 is 5.97 Å². The summed E-state index contributed by atoms with van der Waals surface area (Å²) in [6, 6.07) is 0. The summed E-state index contributed by atoms with van der Waals surface area (Å²) in [6.07, 6.45) is 18.5. The van der Waals surface area contributed by atoms with E-state index in [4.69, 9.17) is 4.74 Å². The Hall–Kier alpha value is -1.18. The number of ether oxygens (including phenoxy) is 1. The van der Waals surface area contributed by atoms with E-state index in [9.17, 15) is 30.0 Å². The molecule has 8 rings (SSSR count). The van der Waals surface area contributed by atoms with Crippen LogP contribution in [0.2, 0.25) is 0 Å². The second-order valence-electron chi connectivity index (χ2n) is 24.1. The minimum absolute atomic E-state index is 0.0365. The Morgan fingerprint density at radius 2 is 1.02 bits per heavy atom. The van der Waals surface area contributed by atoms with Crippen LogP contribution >= 0.6 is 0 Å². The van der Waals surface area contributed by atoms with Crippen LogP contribution < -0.4 is 0 Å². The van der Waals surface area contributed by atoms with Gasteiger partial charge in [-0.15, -0.1) is 0 Å². The maximum Gasteiger partial charge on any atom is 0.306 e. The van der Waals surface area contributed by atoms with Gasteiger partial charge in [0.15, 0.2) is 0 Å². The molecule has 0 radical (unpaired) electrons. The second-order valence-corrected chi connectivity index (χ2v) is 24.1. The molecular formula is C52H86O7. The van der Waals surface area contributed by atoms with Crippen LogP contribution in [0.1, 0.15) is 184 Å². The van der Waals surface area contributed by atoms with Crippen LogP contribution in [0.5, 0.6) is 0 Å². The van der Waals surface area contributed by atoms with Gasteiger partial charge in [-0.25, -0.2) is 0 Å². The van der Waals surface area contributed by atoms with Gasteiger partial charge in [0, 0.05) is 12.8 Å². The van der Waals surface area contributed by atoms with Gasteiger partial charge < -0.3 is 25.2 Å². The van der Waals surface area contributed by atoms with Crippen molar-refractivity contribution in [2.45, 2.75) is 208 Å². The summed E-state index contributed by atoms with van der Waals surface area (Å²) in [5.74, 6) is 5.15. The Bertz CT molecular complexity index is 1530. The van der Waals surface area contributed by atoms with Crippen LogP contribution in [-0.4, -0.2) is 56.8 Å². The number of esters is 1. The number of carbonyl (C=O) groups excluding carboxylic acids is 1. The lowest BCUT2D eigenvalue weighted by Crippen LogP contribution is -2.62. The monoisotopic (exact) mass is 823 g/mol. The fourth-order valence-electron chi connectivity index (χ4n) is 19.3. The summed E-state index contributed by atoms with van der Waals surface area (Å²) in [6.45, 7) is 19.3. The first kappa shape index (κ1) is 44.4. The number of hydrogen-bond donors (Lipinski definition) is 4. The molecule has 0 aromatic heterocycles. The Kier molecular flexibility index (Phi) is 12.4. The number of aliphatic hydroxyl groups excluding tert-OH is 3. The number of carbonyl (C=O) groups is 2. The average molecular weight is 823 g/mol. The molecule has 0 saturated heterocycles. The Morgan fingerprint density at radius 1 is 0.576 bits per heavy atom. The number of fused-ring (bicyclic) bond motifs is 10. The SMILES string of the molecule is CCC1C(O)[C@@H]2[C@H](CC[C@]3(C)[C@@H]([C@H](C)CCC(=O)O)CC[C@@H]23)[C@@]2(C)CC[C@@H](OC(=O)CC[C@@H](C)[C@H]3CC[C@H]4[C@@H]5[C@H](O)C(CC)[C@@H]6C[C@H](O)CC[C@]6(C)[C@H]5CC[C@]34C)C[C@@H]12. The summed E-state index contributed by atoms with van der Waals surface area (Å²) in [4.78, 5) is 25.2. The molecular weight excluding hydrogens is 737 g/mol. The molecule has 22 atom stereocenters. The molecule has 0 heterocycles. The molecule has 0 amide bonds. The quantitative estimate of drug-likeness (QED) is 0.153. The molecule has 0 aromatic rings. The van der Waals surface area contributed by atoms with Gasteiger partial charge in [0.1, 0.15) is 6.10 Å². The van der Waals surface area contributed by atoms with Gasteiger partial charge in [0.25, 0.3) is 0 Å². The highest BCUT2D eigenvalue weighted by atomic mass is 16.5. The molecule has 3 unspecified atom stereocenters. The van der Waals surface area contributed by atoms with Crippen LogP contribution in [0.25, 0.3) is 0 Å². The van der Waals surface area contributed by atoms with Gasteiger partial charge in [0.2, 0.25) is 0 Å². The summed E-state index contributed by atoms with van der Waals surface area (Å²) >= 11 is 0. The van der Waals surface area contributed by atoms with Crippen molar-refractivity contribution >= 4 is 11.9 Å². The number of hydrogen-bond acceptors (Lipinski definition) is 6. The molecule has 7 nitrogen and oxygen atoms in total. The summed E-state index contributed by atoms with van der Waals surface area (Å²) in [7, 11) is 0. The fraction of sp³-hybridized carbons (Fsp3) is 0.962. The zero-order chi connectivity index (χ0) is 42.4. The smallest absolute Gasteiger partial charge is 0.306 e. The van der Waals surface area contributed by atoms with Crippen molar-refractivity contribution in [3.05, 3.63) is 0 Å². The third-order valence-electron chi connectivity index (χ3n) is 22.2. The highest BCUT2D eigenvalue weighted by molar-refractivity contribution is 5.69. The Balaban J connectivity index is 0.881. The minimum atomic E-state index is -0.695. The van der Waals surface area contributed by atoms with Crippen molar-refractivity contribution in [2.75, 3.05) is 0 Å². The summed E-state index contributed by atoms with van der Waals surface area (Å²) < 4.78 is 6.42. The van der Waals surface area contributed by atoms with E-state index in [-0.39, 0.29) is 70.3 Å². The molecule has 0 spiro atoms. The van der Waals surface area contributed by atoms with Crippen molar-refractivity contribution in [1.29, 1.82) is 0 Å². The predicted octanol–water partition coefficient (Wildman–Crippen LogP) is 10.7. The number of carboxylic acid groups (broad SMARTS) is 1. The second kappa shape index (κ2) is 16.4. The zero-order valence-electron chi connectivity index (χ0n) is 38.5. The number of aliphatic hydroxyl groups is 3. The van der Waals surface area contributed by atoms with E-state index in [0.29, 0.717) is 77.4 Å². The van der Waals surface area contributed by atoms with Gasteiger partial charge in [0.05, 0.1) is 18.3 Å². The molecule has 8 fully saturated rings. The van der Waals surface area contributed by atoms with E-state index in [1.165, 1.54) is 32.1 Å². The standard InChI is InChI=1S/C52H86O7/c1-9-33-41-27-31(53)19-23-51(41,7)39-21-25-50(6)36(14-16-37(50)45(39)47(33)57)30(4)12-18-44(56)59-32-20-24-52(8)40-22-26-49(5)35(29(3)11-17-43(54)55)13-15-38(49)46(40)48(58)34(10-2)42(52)28-32/h29-42,45-48,53,57-58H,9-28H2,1-8H3,(H,54,55)/t29-,30-,31-,32-,33?,34?,35-,36-,37+,38+,39+,40+,41+,42+,45+,46+,47-,48?,49-,50-,51-,52-/m1/s1. The lowest BCUT2D eigenvalue weighted by Gasteiger charge is -2.65. The first-order chi connectivity index (χ1) is 27.9. The molecule has 0 aromatic carbocycles. The van der Waals surface area contributed by atoms with Gasteiger partial charge in [-0.1, -0.05) is 68.2 Å². The fourth-order valence-corrected chi connectivity index (χ4v) is 19.3. The van der Waals surface area contributed by atoms with Crippen molar-refractivity contribution in [1.82, 2.24) is 0 Å². The summed E-state index contributed by atoms with van der Waals surface area (Å²) in [5, 5.41) is 44.6. The van der Waals surface area contributed by atoms with Gasteiger partial charge in [-0.05, 0) is 207 Å². The molecule has 8 aliphatic rings. The summed E-state index contributed by atoms with van der Waals surface area (Å²) in [5.41, 5.74) is 0.715. The highest BCUT2D eigenvalue weighted by Gasteiger charge is 2.67. The Labute approximate surface area is 358 Å². The zero-order valence-corrected chi connectivity index (χ0v) is 38.5. The minimum Gasteiger partial charge on any atom is -0.481 e. The van der Waals surface area contributed by atoms with Crippen LogP contribution in [0, 0.1) is 105 Å². The van der Waals surface area contributed by atoms with Crippen LogP contribution in [0.4, 0.5) is 0 Å². The topological polar surface area (TPSA) is 124 Å². The van der Waals surface area contributed by atoms with E-state index >= 15 is 0 Å². The van der Waals surface area contributed by atoms with E-state index in [1.807, 2.05) is 0 Å². The number of rotatable bonds is 11. The lowest BCUT2D eigenvalue weighted by atomic mass is 9.41. The van der Waals surface area contributed by atoms with E-state index in [1.54, 1.807) is 0 Å². The first-order valence-electron chi connectivity index (χ1n) is 25.4. The number of carboxylic acids is 1. The van der Waals surface area contributed by atoms with Gasteiger partial charge >= 0.3 is 11.9 Å². The predicted molar refractivity (Wildman–Crippen MR) is 232 cm³/mol. The molecule has 7 heteroatoms. The maximum absolute atomic E-state index is 13.7. The third-order valence-corrected chi connectivity index (χ3v) is 22.2. The van der Waals surface area contributed by atoms with Gasteiger partial charge in [-0.2, -0.15) is 0 Å².